The van der Waals surface area contributed by atoms with Crippen LogP contribution in [-0.4, -0.2) is 42.2 Å². The van der Waals surface area contributed by atoms with Crippen LogP contribution in [0.4, 0.5) is 0 Å². The highest BCUT2D eigenvalue weighted by molar-refractivity contribution is 5.91. The van der Waals surface area contributed by atoms with Gasteiger partial charge in [0.15, 0.2) is 0 Å². The maximum absolute atomic E-state index is 12.1. The first-order valence-electron chi connectivity index (χ1n) is 9.34. The summed E-state index contributed by atoms with van der Waals surface area (Å²) >= 11 is 0. The number of carbonyl (C=O) groups excluding carboxylic acids is 1. The van der Waals surface area contributed by atoms with Crippen LogP contribution in [0.25, 0.3) is 0 Å². The molecule has 6 nitrogen and oxygen atoms in total. The van der Waals surface area contributed by atoms with E-state index in [1.807, 2.05) is 24.3 Å². The van der Waals surface area contributed by atoms with Crippen molar-refractivity contribution in [2.24, 2.45) is 0 Å². The lowest BCUT2D eigenvalue weighted by molar-refractivity contribution is 0.0914. The lowest BCUT2D eigenvalue weighted by atomic mass is 9.94. The summed E-state index contributed by atoms with van der Waals surface area (Å²) in [5.74, 6) is 1.40. The number of nitrogens with one attached hydrogen (secondary N) is 1. The molecule has 1 aromatic carbocycles. The molecule has 6 heteroatoms. The van der Waals surface area contributed by atoms with Crippen molar-refractivity contribution < 1.29 is 14.1 Å². The normalized spacial score (nSPS) is 20.7. The Labute approximate surface area is 153 Å². The average Bonchev–Trinajstić information content (AvgIpc) is 3.34. The van der Waals surface area contributed by atoms with E-state index in [0.29, 0.717) is 17.7 Å². The molecule has 1 saturated carbocycles. The second-order valence-electron chi connectivity index (χ2n) is 7.25. The summed E-state index contributed by atoms with van der Waals surface area (Å²) in [5.41, 5.74) is 2.08. The number of carbonyl (C=O) groups is 1. The Hall–Kier alpha value is -2.34. The molecular formula is C20H25N3O3. The number of para-hydroxylation sites is 1. The Morgan fingerprint density at radius 3 is 3.00 bits per heavy atom. The number of ether oxygens (including phenoxy) is 1. The molecule has 2 heterocycles. The largest absolute Gasteiger partial charge is 0.496 e. The highest BCUT2D eigenvalue weighted by Crippen LogP contribution is 2.29. The third-order valence-corrected chi connectivity index (χ3v) is 5.18. The zero-order valence-electron chi connectivity index (χ0n) is 15.1. The van der Waals surface area contributed by atoms with Gasteiger partial charge < -0.3 is 14.6 Å². The molecule has 4 rings (SSSR count). The Balaban J connectivity index is 1.40. The zero-order chi connectivity index (χ0) is 17.9. The van der Waals surface area contributed by atoms with Crippen molar-refractivity contribution in [3.63, 3.8) is 0 Å². The Bertz CT molecular complexity index is 769. The Morgan fingerprint density at radius 2 is 2.19 bits per heavy atom. The van der Waals surface area contributed by atoms with Gasteiger partial charge in [-0.1, -0.05) is 23.4 Å². The van der Waals surface area contributed by atoms with Crippen LogP contribution in [0.5, 0.6) is 5.75 Å². The maximum atomic E-state index is 12.1. The van der Waals surface area contributed by atoms with Crippen molar-refractivity contribution in [1.29, 1.82) is 0 Å². The second kappa shape index (κ2) is 7.50. The molecule has 1 aromatic heterocycles. The van der Waals surface area contributed by atoms with Gasteiger partial charge in [0.2, 0.25) is 5.76 Å². The summed E-state index contributed by atoms with van der Waals surface area (Å²) in [6.45, 7) is 2.82. The number of aromatic nitrogens is 1. The van der Waals surface area contributed by atoms with E-state index in [4.69, 9.17) is 9.26 Å². The van der Waals surface area contributed by atoms with Crippen LogP contribution in [0.2, 0.25) is 0 Å². The molecule has 0 bridgehead atoms. The smallest absolute Gasteiger partial charge is 0.290 e. The van der Waals surface area contributed by atoms with E-state index in [9.17, 15) is 4.79 Å². The summed E-state index contributed by atoms with van der Waals surface area (Å²) in [5, 5.41) is 7.12. The van der Waals surface area contributed by atoms with Crippen molar-refractivity contribution in [3.8, 4) is 5.75 Å². The average molecular weight is 355 g/mol. The van der Waals surface area contributed by atoms with Gasteiger partial charge in [-0.15, -0.1) is 0 Å². The van der Waals surface area contributed by atoms with Crippen LogP contribution >= 0.6 is 0 Å². The molecule has 1 aliphatic heterocycles. The van der Waals surface area contributed by atoms with Gasteiger partial charge in [0.05, 0.1) is 12.8 Å². The van der Waals surface area contributed by atoms with E-state index < -0.39 is 0 Å². The van der Waals surface area contributed by atoms with E-state index in [0.717, 1.165) is 56.8 Å². The van der Waals surface area contributed by atoms with E-state index in [1.54, 1.807) is 7.11 Å². The van der Waals surface area contributed by atoms with Crippen LogP contribution < -0.4 is 10.1 Å². The van der Waals surface area contributed by atoms with Gasteiger partial charge >= 0.3 is 0 Å². The third-order valence-electron chi connectivity index (χ3n) is 5.18. The molecule has 2 aliphatic rings. The molecule has 1 saturated heterocycles. The van der Waals surface area contributed by atoms with Crippen molar-refractivity contribution in [3.05, 3.63) is 47.3 Å². The monoisotopic (exact) mass is 355 g/mol. The van der Waals surface area contributed by atoms with Gasteiger partial charge in [0.25, 0.3) is 5.91 Å². The predicted octanol–water partition coefficient (Wildman–Crippen LogP) is 2.96. The first-order valence-corrected chi connectivity index (χ1v) is 9.34. The maximum Gasteiger partial charge on any atom is 0.290 e. The first-order chi connectivity index (χ1) is 12.7. The van der Waals surface area contributed by atoms with Gasteiger partial charge in [-0.2, -0.15) is 0 Å². The highest BCUT2D eigenvalue weighted by atomic mass is 16.5. The van der Waals surface area contributed by atoms with Crippen molar-refractivity contribution in [2.75, 3.05) is 20.2 Å². The number of hydrogen-bond donors (Lipinski definition) is 1. The number of amides is 1. The summed E-state index contributed by atoms with van der Waals surface area (Å²) < 4.78 is 10.8. The topological polar surface area (TPSA) is 67.6 Å². The number of rotatable bonds is 6. The van der Waals surface area contributed by atoms with E-state index in [2.05, 4.69) is 21.4 Å². The quantitative estimate of drug-likeness (QED) is 0.863. The fraction of sp³-hybridized carbons (Fsp3) is 0.500. The lowest BCUT2D eigenvalue weighted by Gasteiger charge is -2.32. The van der Waals surface area contributed by atoms with Crippen molar-refractivity contribution in [2.45, 2.75) is 44.2 Å². The molecule has 1 amide bonds. The standard InChI is InChI=1S/C20H25N3O3/c1-25-18-7-3-2-5-15(18)13-23-10-4-6-14(12-23)17-11-19(26-22-17)20(24)21-16-8-9-16/h2-3,5,7,11,14,16H,4,6,8-10,12-13H2,1H3,(H,21,24). The Kier molecular flexibility index (Phi) is 4.93. The number of nitrogens with zero attached hydrogens (tertiary/aromatic N) is 2. The third kappa shape index (κ3) is 3.90. The number of piperidine rings is 1. The molecule has 1 aliphatic carbocycles. The lowest BCUT2D eigenvalue weighted by Crippen LogP contribution is -2.34. The number of methoxy groups -OCH3 is 1. The minimum absolute atomic E-state index is 0.145. The van der Waals surface area contributed by atoms with Crippen molar-refractivity contribution in [1.82, 2.24) is 15.4 Å². The summed E-state index contributed by atoms with van der Waals surface area (Å²) in [7, 11) is 1.71. The fourth-order valence-corrected chi connectivity index (χ4v) is 3.59. The van der Waals surface area contributed by atoms with Crippen LogP contribution in [0.15, 0.2) is 34.9 Å². The first kappa shape index (κ1) is 17.1. The van der Waals surface area contributed by atoms with Crippen LogP contribution in [0.3, 0.4) is 0 Å². The molecule has 2 fully saturated rings. The molecule has 0 radical (unpaired) electrons. The van der Waals surface area contributed by atoms with E-state index in [1.165, 1.54) is 5.56 Å². The number of hydrogen-bond acceptors (Lipinski definition) is 5. The van der Waals surface area contributed by atoms with Gasteiger partial charge in [-0.25, -0.2) is 0 Å². The number of likely N-dealkylation sites (tertiary alicyclic amines) is 1. The van der Waals surface area contributed by atoms with E-state index in [-0.39, 0.29) is 5.91 Å². The minimum atomic E-state index is -0.145. The molecular weight excluding hydrogens is 330 g/mol. The van der Waals surface area contributed by atoms with Crippen LogP contribution in [0, 0.1) is 0 Å². The molecule has 1 unspecified atom stereocenters. The summed E-state index contributed by atoms with van der Waals surface area (Å²) in [6, 6.07) is 10.3. The molecule has 138 valence electrons. The van der Waals surface area contributed by atoms with E-state index >= 15 is 0 Å². The van der Waals surface area contributed by atoms with Gasteiger partial charge in [0, 0.05) is 36.7 Å². The summed E-state index contributed by atoms with van der Waals surface area (Å²) in [4.78, 5) is 14.5. The van der Waals surface area contributed by atoms with Crippen LogP contribution in [0.1, 0.15) is 53.4 Å². The number of benzene rings is 1. The molecule has 1 atom stereocenters. The Morgan fingerprint density at radius 1 is 1.35 bits per heavy atom. The van der Waals surface area contributed by atoms with Crippen molar-refractivity contribution >= 4 is 5.91 Å². The SMILES string of the molecule is COc1ccccc1CN1CCCC(c2cc(C(=O)NC3CC3)on2)C1. The van der Waals surface area contributed by atoms with Gasteiger partial charge in [0.1, 0.15) is 5.75 Å². The van der Waals surface area contributed by atoms with Gasteiger partial charge in [-0.3, -0.25) is 9.69 Å². The molecule has 1 N–H and O–H groups in total. The molecule has 2 aromatic rings. The van der Waals surface area contributed by atoms with Crippen LogP contribution in [-0.2, 0) is 6.54 Å². The highest BCUT2D eigenvalue weighted by Gasteiger charge is 2.28. The zero-order valence-corrected chi connectivity index (χ0v) is 15.1. The molecule has 0 spiro atoms. The minimum Gasteiger partial charge on any atom is -0.496 e. The summed E-state index contributed by atoms with van der Waals surface area (Å²) in [6.07, 6.45) is 4.30. The molecule has 26 heavy (non-hydrogen) atoms. The second-order valence-corrected chi connectivity index (χ2v) is 7.25. The van der Waals surface area contributed by atoms with Gasteiger partial charge in [-0.05, 0) is 38.3 Å². The predicted molar refractivity (Wildman–Crippen MR) is 97.2 cm³/mol. The fourth-order valence-electron chi connectivity index (χ4n) is 3.59.